The van der Waals surface area contributed by atoms with Crippen LogP contribution in [0.5, 0.6) is 0 Å². The van der Waals surface area contributed by atoms with E-state index in [1.54, 1.807) is 4.90 Å². The lowest BCUT2D eigenvalue weighted by atomic mass is 9.86. The molecule has 0 bridgehead atoms. The Balaban J connectivity index is 1.25. The first-order valence-corrected chi connectivity index (χ1v) is 10.8. The summed E-state index contributed by atoms with van der Waals surface area (Å²) in [5.41, 5.74) is 1.97. The molecule has 27 heavy (non-hydrogen) atoms. The Labute approximate surface area is 167 Å². The summed E-state index contributed by atoms with van der Waals surface area (Å²) >= 11 is 3.52. The molecule has 2 aliphatic heterocycles. The Morgan fingerprint density at radius 3 is 2.85 bits per heavy atom. The zero-order valence-corrected chi connectivity index (χ0v) is 17.0. The van der Waals surface area contributed by atoms with Gasteiger partial charge in [-0.25, -0.2) is 0 Å². The maximum absolute atomic E-state index is 12.9. The van der Waals surface area contributed by atoms with E-state index in [1.807, 2.05) is 12.1 Å². The minimum Gasteiger partial charge on any atom is -0.378 e. The minimum atomic E-state index is -0.0406. The molecule has 0 radical (unpaired) electrons. The highest BCUT2D eigenvalue weighted by Crippen LogP contribution is 2.52. The van der Waals surface area contributed by atoms with Crippen LogP contribution in [0.15, 0.2) is 22.7 Å². The van der Waals surface area contributed by atoms with E-state index in [4.69, 9.17) is 4.74 Å². The third-order valence-corrected chi connectivity index (χ3v) is 7.07. The SMILES string of the molecule is O=C(CN1CC2(CC2)c2cc(Br)ccc2C1=O)N[C@H]1CCO[C@H](C2CC2)C1. The number of nitrogens with zero attached hydrogens (tertiary/aromatic N) is 1. The van der Waals surface area contributed by atoms with Crippen molar-refractivity contribution in [1.82, 2.24) is 10.2 Å². The largest absolute Gasteiger partial charge is 0.378 e. The van der Waals surface area contributed by atoms with Crippen molar-refractivity contribution in [2.75, 3.05) is 19.7 Å². The molecule has 2 heterocycles. The van der Waals surface area contributed by atoms with E-state index >= 15 is 0 Å². The van der Waals surface area contributed by atoms with Gasteiger partial charge in [-0.05, 0) is 68.2 Å². The molecule has 3 fully saturated rings. The van der Waals surface area contributed by atoms with E-state index in [2.05, 4.69) is 27.3 Å². The van der Waals surface area contributed by atoms with Gasteiger partial charge in [-0.2, -0.15) is 0 Å². The van der Waals surface area contributed by atoms with Crippen LogP contribution in [0.25, 0.3) is 0 Å². The van der Waals surface area contributed by atoms with Crippen LogP contribution in [0.4, 0.5) is 0 Å². The fourth-order valence-corrected chi connectivity index (χ4v) is 5.10. The third kappa shape index (κ3) is 3.42. The number of carbonyl (C=O) groups is 2. The van der Waals surface area contributed by atoms with Crippen molar-refractivity contribution in [3.8, 4) is 0 Å². The lowest BCUT2D eigenvalue weighted by molar-refractivity contribution is -0.123. The van der Waals surface area contributed by atoms with Gasteiger partial charge >= 0.3 is 0 Å². The molecule has 144 valence electrons. The van der Waals surface area contributed by atoms with Gasteiger partial charge in [0.25, 0.3) is 5.91 Å². The molecule has 6 heteroatoms. The molecule has 0 unspecified atom stereocenters. The number of fused-ring (bicyclic) bond motifs is 2. The van der Waals surface area contributed by atoms with Gasteiger partial charge < -0.3 is 15.0 Å². The average Bonchev–Trinajstić information content (AvgIpc) is 3.55. The Hall–Kier alpha value is -1.40. The third-order valence-electron chi connectivity index (χ3n) is 6.58. The molecular formula is C21H25BrN2O3. The van der Waals surface area contributed by atoms with Gasteiger partial charge in [-0.1, -0.05) is 15.9 Å². The Bertz CT molecular complexity index is 788. The van der Waals surface area contributed by atoms with Crippen LogP contribution >= 0.6 is 15.9 Å². The number of benzene rings is 1. The molecule has 2 saturated carbocycles. The second kappa shape index (κ2) is 6.59. The molecule has 1 saturated heterocycles. The van der Waals surface area contributed by atoms with Crippen molar-refractivity contribution in [2.24, 2.45) is 5.92 Å². The molecule has 1 aromatic carbocycles. The number of amides is 2. The quantitative estimate of drug-likeness (QED) is 0.795. The number of nitrogens with one attached hydrogen (secondary N) is 1. The summed E-state index contributed by atoms with van der Waals surface area (Å²) in [5.74, 6) is 0.632. The Kier molecular flexibility index (Phi) is 4.32. The summed E-state index contributed by atoms with van der Waals surface area (Å²) in [7, 11) is 0. The Morgan fingerprint density at radius 1 is 1.30 bits per heavy atom. The second-order valence-corrected chi connectivity index (χ2v) is 9.58. The lowest BCUT2D eigenvalue weighted by Gasteiger charge is -2.35. The van der Waals surface area contributed by atoms with Crippen molar-refractivity contribution in [3.63, 3.8) is 0 Å². The number of rotatable bonds is 4. The highest BCUT2D eigenvalue weighted by Gasteiger charge is 2.51. The average molecular weight is 433 g/mol. The molecular weight excluding hydrogens is 408 g/mol. The van der Waals surface area contributed by atoms with E-state index in [0.29, 0.717) is 18.6 Å². The number of hydrogen-bond acceptors (Lipinski definition) is 3. The normalized spacial score (nSPS) is 28.8. The highest BCUT2D eigenvalue weighted by atomic mass is 79.9. The van der Waals surface area contributed by atoms with Crippen molar-refractivity contribution >= 4 is 27.7 Å². The van der Waals surface area contributed by atoms with Gasteiger partial charge in [0.2, 0.25) is 5.91 Å². The van der Waals surface area contributed by atoms with Gasteiger partial charge in [0, 0.05) is 34.6 Å². The zero-order valence-electron chi connectivity index (χ0n) is 15.4. The molecule has 2 amide bonds. The summed E-state index contributed by atoms with van der Waals surface area (Å²) in [6, 6.07) is 6.06. The van der Waals surface area contributed by atoms with Gasteiger partial charge in [0.15, 0.2) is 0 Å². The number of carbonyl (C=O) groups excluding carboxylic acids is 2. The standard InChI is InChI=1S/C21H25BrN2O3/c22-14-3-4-16-17(9-14)21(6-7-21)12-24(20(16)26)11-19(25)23-15-5-8-27-18(10-15)13-1-2-13/h3-4,9,13,15,18H,1-2,5-8,10-12H2,(H,23,25)/t15-,18-/m0/s1. The molecule has 2 atom stereocenters. The predicted molar refractivity (Wildman–Crippen MR) is 105 cm³/mol. The molecule has 5 nitrogen and oxygen atoms in total. The smallest absolute Gasteiger partial charge is 0.254 e. The van der Waals surface area contributed by atoms with Crippen LogP contribution in [0.2, 0.25) is 0 Å². The molecule has 1 aromatic rings. The maximum atomic E-state index is 12.9. The van der Waals surface area contributed by atoms with Crippen molar-refractivity contribution in [1.29, 1.82) is 0 Å². The summed E-state index contributed by atoms with van der Waals surface area (Å²) in [6.07, 6.45) is 6.77. The summed E-state index contributed by atoms with van der Waals surface area (Å²) in [6.45, 7) is 1.53. The second-order valence-electron chi connectivity index (χ2n) is 8.67. The van der Waals surface area contributed by atoms with Crippen LogP contribution in [-0.4, -0.2) is 48.6 Å². The first-order valence-electron chi connectivity index (χ1n) is 10.0. The van der Waals surface area contributed by atoms with Crippen LogP contribution in [0, 0.1) is 5.92 Å². The number of ether oxygens (including phenoxy) is 1. The molecule has 4 aliphatic rings. The van der Waals surface area contributed by atoms with Crippen molar-refractivity contribution < 1.29 is 14.3 Å². The summed E-state index contributed by atoms with van der Waals surface area (Å²) in [5, 5.41) is 3.16. The molecule has 1 spiro atoms. The van der Waals surface area contributed by atoms with E-state index in [9.17, 15) is 9.59 Å². The fourth-order valence-electron chi connectivity index (χ4n) is 4.74. The minimum absolute atomic E-state index is 0.0204. The molecule has 2 aliphatic carbocycles. The summed E-state index contributed by atoms with van der Waals surface area (Å²) < 4.78 is 6.86. The van der Waals surface area contributed by atoms with Crippen LogP contribution in [0.1, 0.15) is 54.4 Å². The van der Waals surface area contributed by atoms with E-state index < -0.39 is 0 Å². The van der Waals surface area contributed by atoms with Crippen molar-refractivity contribution in [2.45, 2.75) is 56.1 Å². The predicted octanol–water partition coefficient (Wildman–Crippen LogP) is 3.01. The Morgan fingerprint density at radius 2 is 2.11 bits per heavy atom. The first-order chi connectivity index (χ1) is 13.0. The van der Waals surface area contributed by atoms with Gasteiger partial charge in [-0.3, -0.25) is 9.59 Å². The number of halogens is 1. The van der Waals surface area contributed by atoms with Gasteiger partial charge in [0.05, 0.1) is 12.6 Å². The summed E-state index contributed by atoms with van der Waals surface area (Å²) in [4.78, 5) is 27.3. The molecule has 5 rings (SSSR count). The highest BCUT2D eigenvalue weighted by molar-refractivity contribution is 9.10. The van der Waals surface area contributed by atoms with Gasteiger partial charge in [0.1, 0.15) is 0 Å². The van der Waals surface area contributed by atoms with Crippen molar-refractivity contribution in [3.05, 3.63) is 33.8 Å². The van der Waals surface area contributed by atoms with Crippen LogP contribution < -0.4 is 5.32 Å². The first kappa shape index (κ1) is 17.7. The maximum Gasteiger partial charge on any atom is 0.254 e. The molecule has 0 aromatic heterocycles. The zero-order chi connectivity index (χ0) is 18.6. The topological polar surface area (TPSA) is 58.6 Å². The van der Waals surface area contributed by atoms with E-state index in [-0.39, 0.29) is 29.8 Å². The monoisotopic (exact) mass is 432 g/mol. The van der Waals surface area contributed by atoms with E-state index in [0.717, 1.165) is 47.9 Å². The fraction of sp³-hybridized carbons (Fsp3) is 0.619. The molecule has 1 N–H and O–H groups in total. The van der Waals surface area contributed by atoms with Gasteiger partial charge in [-0.15, -0.1) is 0 Å². The lowest BCUT2D eigenvalue weighted by Crippen LogP contribution is -2.50. The van der Waals surface area contributed by atoms with Crippen LogP contribution in [0.3, 0.4) is 0 Å². The van der Waals surface area contributed by atoms with E-state index in [1.165, 1.54) is 12.8 Å². The van der Waals surface area contributed by atoms with Crippen LogP contribution in [-0.2, 0) is 14.9 Å². The number of hydrogen-bond donors (Lipinski definition) is 1.